The topological polar surface area (TPSA) is 64.8 Å². The highest BCUT2D eigenvalue weighted by atomic mass is 16.6. The molecule has 0 radical (unpaired) electrons. The van der Waals surface area contributed by atoms with Crippen LogP contribution in [0.25, 0.3) is 0 Å². The van der Waals surface area contributed by atoms with Crippen molar-refractivity contribution in [3.8, 4) is 11.5 Å². The molecular weight excluding hydrogens is 256 g/mol. The van der Waals surface area contributed by atoms with Gasteiger partial charge in [-0.25, -0.2) is 0 Å². The molecule has 2 N–H and O–H groups in total. The van der Waals surface area contributed by atoms with Gasteiger partial charge >= 0.3 is 0 Å². The molecule has 0 bridgehead atoms. The summed E-state index contributed by atoms with van der Waals surface area (Å²) in [5.41, 5.74) is 5.67. The molecule has 1 amide bonds. The van der Waals surface area contributed by atoms with Gasteiger partial charge in [-0.1, -0.05) is 12.1 Å². The summed E-state index contributed by atoms with van der Waals surface area (Å²) in [5, 5.41) is 0. The molecule has 0 saturated carbocycles. The lowest BCUT2D eigenvalue weighted by atomic mass is 9.97. The minimum atomic E-state index is -0.528. The predicted molar refractivity (Wildman–Crippen MR) is 74.7 cm³/mol. The Morgan fingerprint density at radius 2 is 1.95 bits per heavy atom. The summed E-state index contributed by atoms with van der Waals surface area (Å²) in [6, 6.07) is 7.45. The van der Waals surface area contributed by atoms with E-state index in [1.165, 1.54) is 0 Å². The molecule has 5 heteroatoms. The number of hydrogen-bond acceptors (Lipinski definition) is 4. The second kappa shape index (κ2) is 5.71. The normalized spacial score (nSPS) is 22.6. The number of para-hydroxylation sites is 2. The number of likely N-dealkylation sites (tertiary alicyclic amines) is 1. The molecule has 1 aromatic carbocycles. The first-order chi connectivity index (χ1) is 9.78. The van der Waals surface area contributed by atoms with E-state index < -0.39 is 6.10 Å². The fourth-order valence-electron chi connectivity index (χ4n) is 2.73. The van der Waals surface area contributed by atoms with Gasteiger partial charge in [-0.3, -0.25) is 4.79 Å². The summed E-state index contributed by atoms with van der Waals surface area (Å²) < 4.78 is 11.4. The van der Waals surface area contributed by atoms with E-state index in [4.69, 9.17) is 15.2 Å². The van der Waals surface area contributed by atoms with Gasteiger partial charge < -0.3 is 20.1 Å². The maximum absolute atomic E-state index is 12.4. The van der Waals surface area contributed by atoms with Gasteiger partial charge in [-0.05, 0) is 37.4 Å². The van der Waals surface area contributed by atoms with Gasteiger partial charge in [0.25, 0.3) is 5.91 Å². The number of ether oxygens (including phenoxy) is 2. The molecule has 2 aliphatic heterocycles. The van der Waals surface area contributed by atoms with Crippen molar-refractivity contribution in [2.45, 2.75) is 18.9 Å². The minimum Gasteiger partial charge on any atom is -0.485 e. The number of nitrogens with zero attached hydrogens (tertiary/aromatic N) is 1. The zero-order chi connectivity index (χ0) is 13.9. The quantitative estimate of drug-likeness (QED) is 0.876. The number of nitrogens with two attached hydrogens (primary N) is 1. The van der Waals surface area contributed by atoms with E-state index in [-0.39, 0.29) is 12.5 Å². The highest BCUT2D eigenvalue weighted by molar-refractivity contribution is 5.82. The third-order valence-corrected chi connectivity index (χ3v) is 4.04. The Labute approximate surface area is 118 Å². The number of piperidine rings is 1. The summed E-state index contributed by atoms with van der Waals surface area (Å²) in [4.78, 5) is 14.3. The van der Waals surface area contributed by atoms with Crippen LogP contribution in [0.2, 0.25) is 0 Å². The highest BCUT2D eigenvalue weighted by Gasteiger charge is 2.32. The van der Waals surface area contributed by atoms with Crippen LogP contribution in [0.3, 0.4) is 0 Å². The molecule has 2 aliphatic rings. The van der Waals surface area contributed by atoms with E-state index in [0.29, 0.717) is 24.0 Å². The first-order valence-electron chi connectivity index (χ1n) is 7.15. The summed E-state index contributed by atoms with van der Waals surface area (Å²) in [5.74, 6) is 1.92. The molecule has 20 heavy (non-hydrogen) atoms. The van der Waals surface area contributed by atoms with E-state index in [0.717, 1.165) is 25.9 Å². The second-order valence-electron chi connectivity index (χ2n) is 5.37. The molecule has 0 spiro atoms. The Morgan fingerprint density at radius 1 is 1.25 bits per heavy atom. The largest absolute Gasteiger partial charge is 0.485 e. The van der Waals surface area contributed by atoms with E-state index in [9.17, 15) is 4.79 Å². The van der Waals surface area contributed by atoms with Gasteiger partial charge in [0.2, 0.25) is 6.10 Å². The molecule has 108 valence electrons. The van der Waals surface area contributed by atoms with Gasteiger partial charge in [0, 0.05) is 13.1 Å². The first kappa shape index (κ1) is 13.2. The van der Waals surface area contributed by atoms with E-state index in [1.54, 1.807) is 0 Å². The third-order valence-electron chi connectivity index (χ3n) is 4.04. The molecule has 1 unspecified atom stereocenters. The molecule has 3 rings (SSSR count). The average molecular weight is 276 g/mol. The van der Waals surface area contributed by atoms with Gasteiger partial charge in [0.1, 0.15) is 6.61 Å². The Balaban J connectivity index is 1.62. The summed E-state index contributed by atoms with van der Waals surface area (Å²) >= 11 is 0. The monoisotopic (exact) mass is 276 g/mol. The summed E-state index contributed by atoms with van der Waals surface area (Å²) in [6.07, 6.45) is 1.43. The van der Waals surface area contributed by atoms with Crippen LogP contribution in [0.1, 0.15) is 12.8 Å². The molecule has 2 heterocycles. The van der Waals surface area contributed by atoms with Gasteiger partial charge in [0.15, 0.2) is 11.5 Å². The fraction of sp³-hybridized carbons (Fsp3) is 0.533. The van der Waals surface area contributed by atoms with Crippen LogP contribution in [0.5, 0.6) is 11.5 Å². The molecule has 1 atom stereocenters. The maximum atomic E-state index is 12.4. The van der Waals surface area contributed by atoms with Gasteiger partial charge in [0.05, 0.1) is 0 Å². The molecule has 0 aromatic heterocycles. The average Bonchev–Trinajstić information content (AvgIpc) is 2.54. The van der Waals surface area contributed by atoms with E-state index in [2.05, 4.69) is 0 Å². The van der Waals surface area contributed by atoms with Crippen molar-refractivity contribution in [2.24, 2.45) is 11.7 Å². The number of carbonyl (C=O) groups is 1. The van der Waals surface area contributed by atoms with Crippen LogP contribution < -0.4 is 15.2 Å². The minimum absolute atomic E-state index is 0.0231. The van der Waals surface area contributed by atoms with E-state index >= 15 is 0 Å². The van der Waals surface area contributed by atoms with Crippen LogP contribution in [0, 0.1) is 5.92 Å². The smallest absolute Gasteiger partial charge is 0.267 e. The molecule has 0 aliphatic carbocycles. The number of benzene rings is 1. The van der Waals surface area contributed by atoms with Crippen molar-refractivity contribution >= 4 is 5.91 Å². The lowest BCUT2D eigenvalue weighted by Crippen LogP contribution is -2.49. The lowest BCUT2D eigenvalue weighted by Gasteiger charge is -2.35. The standard InChI is InChI=1S/C15H20N2O3/c16-9-11-5-7-17(8-6-11)15(18)14-10-19-12-3-1-2-4-13(12)20-14/h1-4,11,14H,5-10,16H2. The van der Waals surface area contributed by atoms with Gasteiger partial charge in [-0.15, -0.1) is 0 Å². The van der Waals surface area contributed by atoms with Crippen molar-refractivity contribution < 1.29 is 14.3 Å². The van der Waals surface area contributed by atoms with E-state index in [1.807, 2.05) is 29.2 Å². The van der Waals surface area contributed by atoms with Gasteiger partial charge in [-0.2, -0.15) is 0 Å². The Bertz CT molecular complexity index is 484. The maximum Gasteiger partial charge on any atom is 0.267 e. The zero-order valence-corrected chi connectivity index (χ0v) is 11.5. The Hall–Kier alpha value is -1.75. The number of amides is 1. The van der Waals surface area contributed by atoms with Crippen LogP contribution in [-0.4, -0.2) is 43.2 Å². The number of carbonyl (C=O) groups excluding carboxylic acids is 1. The van der Waals surface area contributed by atoms with Crippen LogP contribution in [0.15, 0.2) is 24.3 Å². The fourth-order valence-corrected chi connectivity index (χ4v) is 2.73. The number of rotatable bonds is 2. The van der Waals surface area contributed by atoms with Crippen molar-refractivity contribution in [1.29, 1.82) is 0 Å². The van der Waals surface area contributed by atoms with Crippen molar-refractivity contribution in [1.82, 2.24) is 4.90 Å². The third kappa shape index (κ3) is 2.58. The zero-order valence-electron chi connectivity index (χ0n) is 11.5. The molecule has 1 fully saturated rings. The van der Waals surface area contributed by atoms with Crippen molar-refractivity contribution in [2.75, 3.05) is 26.2 Å². The molecular formula is C15H20N2O3. The van der Waals surface area contributed by atoms with Crippen molar-refractivity contribution in [3.05, 3.63) is 24.3 Å². The molecule has 5 nitrogen and oxygen atoms in total. The molecule has 1 aromatic rings. The van der Waals surface area contributed by atoms with Crippen molar-refractivity contribution in [3.63, 3.8) is 0 Å². The Morgan fingerprint density at radius 3 is 2.65 bits per heavy atom. The van der Waals surface area contributed by atoms with Crippen LogP contribution in [-0.2, 0) is 4.79 Å². The summed E-state index contributed by atoms with van der Waals surface area (Å²) in [6.45, 7) is 2.52. The first-order valence-corrected chi connectivity index (χ1v) is 7.15. The number of hydrogen-bond donors (Lipinski definition) is 1. The van der Waals surface area contributed by atoms with Crippen LogP contribution >= 0.6 is 0 Å². The predicted octanol–water partition coefficient (Wildman–Crippen LogP) is 1.02. The molecule has 1 saturated heterocycles. The SMILES string of the molecule is NCC1CCN(C(=O)C2COc3ccccc3O2)CC1. The highest BCUT2D eigenvalue weighted by Crippen LogP contribution is 2.31. The summed E-state index contributed by atoms with van der Waals surface area (Å²) in [7, 11) is 0. The van der Waals surface area contributed by atoms with Crippen LogP contribution in [0.4, 0.5) is 0 Å². The second-order valence-corrected chi connectivity index (χ2v) is 5.37. The lowest BCUT2D eigenvalue weighted by molar-refractivity contribution is -0.142. The number of fused-ring (bicyclic) bond motifs is 1. The Kier molecular flexibility index (Phi) is 3.78.